The van der Waals surface area contributed by atoms with Gasteiger partial charge in [-0.2, -0.15) is 0 Å². The van der Waals surface area contributed by atoms with Crippen LogP contribution >= 0.6 is 0 Å². The topological polar surface area (TPSA) is 59.7 Å². The Kier molecular flexibility index (Phi) is 2.33. The van der Waals surface area contributed by atoms with Crippen molar-refractivity contribution in [1.82, 2.24) is 0 Å². The lowest BCUT2D eigenvalue weighted by molar-refractivity contribution is 0.0527. The highest BCUT2D eigenvalue weighted by Gasteiger charge is 2.14. The molecule has 2 aromatic rings. The van der Waals surface area contributed by atoms with Gasteiger partial charge < -0.3 is 14.3 Å². The Hall–Kier alpha value is -1.97. The van der Waals surface area contributed by atoms with Gasteiger partial charge in [0.2, 0.25) is 0 Å². The Labute approximate surface area is 86.1 Å². The fourth-order valence-corrected chi connectivity index (χ4v) is 1.38. The number of ether oxygens (including phenoxy) is 1. The standard InChI is InChI=1S/C11H10O4/c1-2-14-11(13)9-6-15-10-4-3-7(12)5-8(9)10/h3-6,12H,2H2,1H3. The van der Waals surface area contributed by atoms with Crippen LogP contribution in [-0.2, 0) is 4.74 Å². The molecule has 0 atom stereocenters. The van der Waals surface area contributed by atoms with Gasteiger partial charge in [0.25, 0.3) is 0 Å². The van der Waals surface area contributed by atoms with E-state index >= 15 is 0 Å². The lowest BCUT2D eigenvalue weighted by Gasteiger charge is -1.98. The first-order valence-electron chi connectivity index (χ1n) is 4.59. The van der Waals surface area contributed by atoms with Crippen molar-refractivity contribution in [3.05, 3.63) is 30.0 Å². The smallest absolute Gasteiger partial charge is 0.342 e. The second kappa shape index (κ2) is 3.65. The molecule has 1 aromatic heterocycles. The Morgan fingerprint density at radius 3 is 3.07 bits per heavy atom. The summed E-state index contributed by atoms with van der Waals surface area (Å²) in [6, 6.07) is 4.58. The number of esters is 1. The zero-order valence-corrected chi connectivity index (χ0v) is 8.19. The van der Waals surface area contributed by atoms with E-state index in [1.165, 1.54) is 18.4 Å². The van der Waals surface area contributed by atoms with E-state index in [0.717, 1.165) is 0 Å². The maximum absolute atomic E-state index is 11.5. The van der Waals surface area contributed by atoms with Crippen molar-refractivity contribution in [3.63, 3.8) is 0 Å². The van der Waals surface area contributed by atoms with E-state index in [4.69, 9.17) is 9.15 Å². The number of carbonyl (C=O) groups excluding carboxylic acids is 1. The van der Waals surface area contributed by atoms with E-state index < -0.39 is 5.97 Å². The van der Waals surface area contributed by atoms with Crippen molar-refractivity contribution in [2.24, 2.45) is 0 Å². The fraction of sp³-hybridized carbons (Fsp3) is 0.182. The number of phenolic OH excluding ortho intramolecular Hbond substituents is 1. The molecule has 0 aliphatic rings. The van der Waals surface area contributed by atoms with E-state index in [2.05, 4.69) is 0 Å². The molecule has 4 heteroatoms. The molecule has 0 aliphatic carbocycles. The minimum absolute atomic E-state index is 0.0921. The lowest BCUT2D eigenvalue weighted by atomic mass is 10.2. The number of phenols is 1. The molecule has 0 aliphatic heterocycles. The van der Waals surface area contributed by atoms with E-state index in [9.17, 15) is 9.90 Å². The maximum atomic E-state index is 11.5. The highest BCUT2D eigenvalue weighted by molar-refractivity contribution is 6.03. The molecule has 0 saturated heterocycles. The molecule has 0 fully saturated rings. The van der Waals surface area contributed by atoms with Crippen LogP contribution in [0.3, 0.4) is 0 Å². The summed E-state index contributed by atoms with van der Waals surface area (Å²) in [5.74, 6) is -0.351. The summed E-state index contributed by atoms with van der Waals surface area (Å²) in [4.78, 5) is 11.5. The van der Waals surface area contributed by atoms with Gasteiger partial charge in [-0.05, 0) is 25.1 Å². The highest BCUT2D eigenvalue weighted by Crippen LogP contribution is 2.25. The number of carbonyl (C=O) groups is 1. The van der Waals surface area contributed by atoms with Crippen LogP contribution in [-0.4, -0.2) is 17.7 Å². The average molecular weight is 206 g/mol. The van der Waals surface area contributed by atoms with E-state index in [0.29, 0.717) is 23.1 Å². The second-order valence-corrected chi connectivity index (χ2v) is 3.05. The summed E-state index contributed by atoms with van der Waals surface area (Å²) < 4.78 is 10.0. The molecule has 2 rings (SSSR count). The van der Waals surface area contributed by atoms with Gasteiger partial charge in [-0.15, -0.1) is 0 Å². The SMILES string of the molecule is CCOC(=O)c1coc2ccc(O)cc12. The van der Waals surface area contributed by atoms with Crippen LogP contribution in [0.1, 0.15) is 17.3 Å². The highest BCUT2D eigenvalue weighted by atomic mass is 16.5. The number of aromatic hydroxyl groups is 1. The van der Waals surface area contributed by atoms with E-state index in [1.54, 1.807) is 13.0 Å². The first-order chi connectivity index (χ1) is 7.22. The van der Waals surface area contributed by atoms with Crippen LogP contribution in [0.5, 0.6) is 5.75 Å². The molecular formula is C11H10O4. The number of hydrogen-bond donors (Lipinski definition) is 1. The zero-order chi connectivity index (χ0) is 10.8. The molecule has 0 spiro atoms. The van der Waals surface area contributed by atoms with Gasteiger partial charge >= 0.3 is 5.97 Å². The predicted molar refractivity (Wildman–Crippen MR) is 53.8 cm³/mol. The van der Waals surface area contributed by atoms with Crippen LogP contribution < -0.4 is 0 Å². The first kappa shape index (κ1) is 9.58. The van der Waals surface area contributed by atoms with Crippen molar-refractivity contribution >= 4 is 16.9 Å². The molecule has 4 nitrogen and oxygen atoms in total. The van der Waals surface area contributed by atoms with Gasteiger partial charge in [-0.3, -0.25) is 0 Å². The minimum atomic E-state index is -0.443. The fourth-order valence-electron chi connectivity index (χ4n) is 1.38. The van der Waals surface area contributed by atoms with Gasteiger partial charge in [-0.1, -0.05) is 0 Å². The summed E-state index contributed by atoms with van der Waals surface area (Å²) in [5.41, 5.74) is 0.888. The van der Waals surface area contributed by atoms with Crippen molar-refractivity contribution in [3.8, 4) is 5.75 Å². The Balaban J connectivity index is 2.52. The van der Waals surface area contributed by atoms with Gasteiger partial charge in [0.05, 0.1) is 6.61 Å². The predicted octanol–water partition coefficient (Wildman–Crippen LogP) is 2.32. The summed E-state index contributed by atoms with van der Waals surface area (Å²) >= 11 is 0. The first-order valence-corrected chi connectivity index (χ1v) is 4.59. The van der Waals surface area contributed by atoms with Gasteiger partial charge in [-0.25, -0.2) is 4.79 Å². The number of fused-ring (bicyclic) bond motifs is 1. The zero-order valence-electron chi connectivity index (χ0n) is 8.19. The second-order valence-electron chi connectivity index (χ2n) is 3.05. The molecule has 1 aromatic carbocycles. The minimum Gasteiger partial charge on any atom is -0.508 e. The monoisotopic (exact) mass is 206 g/mol. The molecule has 1 heterocycles. The summed E-state index contributed by atoms with van der Waals surface area (Å²) in [6.45, 7) is 2.04. The van der Waals surface area contributed by atoms with Gasteiger partial charge in [0, 0.05) is 5.39 Å². The summed E-state index contributed by atoms with van der Waals surface area (Å²) in [6.07, 6.45) is 1.34. The third-order valence-electron chi connectivity index (χ3n) is 2.05. The third kappa shape index (κ3) is 1.66. The summed E-state index contributed by atoms with van der Waals surface area (Å²) in [5, 5.41) is 9.85. The Morgan fingerprint density at radius 2 is 2.33 bits per heavy atom. The Bertz CT molecular complexity index is 498. The van der Waals surface area contributed by atoms with Crippen molar-refractivity contribution < 1.29 is 19.1 Å². The molecule has 15 heavy (non-hydrogen) atoms. The average Bonchev–Trinajstić information content (AvgIpc) is 2.60. The van der Waals surface area contributed by atoms with E-state index in [-0.39, 0.29) is 5.75 Å². The quantitative estimate of drug-likeness (QED) is 0.766. The van der Waals surface area contributed by atoms with Gasteiger partial charge in [0.15, 0.2) is 0 Å². The van der Waals surface area contributed by atoms with Crippen LogP contribution in [0.25, 0.3) is 11.0 Å². The maximum Gasteiger partial charge on any atom is 0.342 e. The number of benzene rings is 1. The van der Waals surface area contributed by atoms with Crippen LogP contribution in [0.4, 0.5) is 0 Å². The summed E-state index contributed by atoms with van der Waals surface area (Å²) in [7, 11) is 0. The Morgan fingerprint density at radius 1 is 1.53 bits per heavy atom. The van der Waals surface area contributed by atoms with Crippen LogP contribution in [0, 0.1) is 0 Å². The van der Waals surface area contributed by atoms with Gasteiger partial charge in [0.1, 0.15) is 23.2 Å². The molecular weight excluding hydrogens is 196 g/mol. The number of hydrogen-bond acceptors (Lipinski definition) is 4. The largest absolute Gasteiger partial charge is 0.508 e. The molecule has 0 radical (unpaired) electrons. The van der Waals surface area contributed by atoms with Crippen LogP contribution in [0.15, 0.2) is 28.9 Å². The third-order valence-corrected chi connectivity index (χ3v) is 2.05. The lowest BCUT2D eigenvalue weighted by Crippen LogP contribution is -2.03. The van der Waals surface area contributed by atoms with E-state index in [1.807, 2.05) is 0 Å². The van der Waals surface area contributed by atoms with Crippen molar-refractivity contribution in [2.75, 3.05) is 6.61 Å². The van der Waals surface area contributed by atoms with Crippen LogP contribution in [0.2, 0.25) is 0 Å². The van der Waals surface area contributed by atoms with Crippen molar-refractivity contribution in [1.29, 1.82) is 0 Å². The molecule has 0 saturated carbocycles. The molecule has 0 bridgehead atoms. The molecule has 1 N–H and O–H groups in total. The molecule has 78 valence electrons. The normalized spacial score (nSPS) is 10.5. The van der Waals surface area contributed by atoms with Crippen molar-refractivity contribution in [2.45, 2.75) is 6.92 Å². The molecule has 0 amide bonds. The number of furan rings is 1. The molecule has 0 unspecified atom stereocenters. The number of rotatable bonds is 2.